The zero-order chi connectivity index (χ0) is 53.3. The van der Waals surface area contributed by atoms with Gasteiger partial charge in [0.05, 0.1) is 0 Å². The van der Waals surface area contributed by atoms with Crippen molar-refractivity contribution in [1.29, 1.82) is 0 Å². The summed E-state index contributed by atoms with van der Waals surface area (Å²) in [4.78, 5) is 7.97. The van der Waals surface area contributed by atoms with Crippen molar-refractivity contribution in [2.75, 3.05) is 14.7 Å². The van der Waals surface area contributed by atoms with Gasteiger partial charge in [-0.15, -0.1) is 0 Å². The van der Waals surface area contributed by atoms with Crippen molar-refractivity contribution in [2.45, 2.75) is 113 Å². The molecule has 382 valence electrons. The van der Waals surface area contributed by atoms with Crippen molar-refractivity contribution < 1.29 is 0 Å². The second-order valence-corrected chi connectivity index (χ2v) is 26.5. The summed E-state index contributed by atoms with van der Waals surface area (Å²) in [5.74, 6) is 0. The number of hydrogen-bond acceptors (Lipinski definition) is 3. The van der Waals surface area contributed by atoms with Crippen LogP contribution in [0, 0.1) is 17.8 Å². The number of benzene rings is 9. The van der Waals surface area contributed by atoms with Gasteiger partial charge in [-0.05, 0) is 199 Å². The van der Waals surface area contributed by atoms with Crippen LogP contribution in [-0.2, 0) is 36.5 Å². The molecule has 4 aliphatic rings. The molecule has 4 heteroatoms. The first-order valence-electron chi connectivity index (χ1n) is 28.2. The van der Waals surface area contributed by atoms with E-state index in [1.807, 2.05) is 0 Å². The van der Waals surface area contributed by atoms with Crippen molar-refractivity contribution in [3.8, 4) is 22.3 Å². The maximum absolute atomic E-state index is 2.72. The van der Waals surface area contributed by atoms with Crippen LogP contribution in [0.25, 0.3) is 22.3 Å². The third-order valence-electron chi connectivity index (χ3n) is 17.3. The standard InChI is InChI=1S/C73H72BN3/c1-47-38-67-69-68(39-47)77(63-27-19-25-53-44-73(10,11)46-58(53)63)66-41-59(71(5,6)7)64(75(55-33-28-50(29-34-55)48-20-14-12-15-21-48)56-35-30-51(31-36-56)49-22-16-13-17-23-49)42-61(66)74(69)60-37-32-54(70(2,3)4)40-65(60)76(67)62-26-18-24-52-43-72(8,9)45-57(52)62/h12-42H,43-46H2,1-11H3. The largest absolute Gasteiger partial charge is 0.311 e. The van der Waals surface area contributed by atoms with Gasteiger partial charge < -0.3 is 14.7 Å². The lowest BCUT2D eigenvalue weighted by Crippen LogP contribution is -2.61. The molecule has 0 atom stereocenters. The molecule has 0 amide bonds. The summed E-state index contributed by atoms with van der Waals surface area (Å²) in [7, 11) is 0. The summed E-state index contributed by atoms with van der Waals surface area (Å²) in [5, 5.41) is 0. The molecule has 9 aromatic carbocycles. The van der Waals surface area contributed by atoms with E-state index in [4.69, 9.17) is 0 Å². The molecule has 2 aliphatic heterocycles. The first-order valence-corrected chi connectivity index (χ1v) is 28.2. The summed E-state index contributed by atoms with van der Waals surface area (Å²) >= 11 is 0. The molecule has 0 saturated carbocycles. The van der Waals surface area contributed by atoms with Crippen molar-refractivity contribution >= 4 is 74.3 Å². The van der Waals surface area contributed by atoms with E-state index in [0.29, 0.717) is 0 Å². The third-order valence-corrected chi connectivity index (χ3v) is 17.3. The van der Waals surface area contributed by atoms with E-state index in [-0.39, 0.29) is 28.4 Å². The van der Waals surface area contributed by atoms with Gasteiger partial charge in [0, 0.05) is 51.2 Å². The van der Waals surface area contributed by atoms with Gasteiger partial charge in [0.2, 0.25) is 0 Å². The Hall–Kier alpha value is -7.56. The van der Waals surface area contributed by atoms with Crippen molar-refractivity contribution in [3.63, 3.8) is 0 Å². The predicted octanol–water partition coefficient (Wildman–Crippen LogP) is 17.7. The smallest absolute Gasteiger partial charge is 0.252 e. The van der Waals surface area contributed by atoms with Crippen LogP contribution in [-0.4, -0.2) is 6.71 Å². The van der Waals surface area contributed by atoms with Crippen molar-refractivity contribution in [3.05, 3.63) is 227 Å². The van der Waals surface area contributed by atoms with Crippen LogP contribution in [0.15, 0.2) is 188 Å². The van der Waals surface area contributed by atoms with Gasteiger partial charge in [-0.3, -0.25) is 0 Å². The highest BCUT2D eigenvalue weighted by Gasteiger charge is 2.47. The topological polar surface area (TPSA) is 9.72 Å². The van der Waals surface area contributed by atoms with Gasteiger partial charge in [-0.25, -0.2) is 0 Å². The lowest BCUT2D eigenvalue weighted by atomic mass is 9.33. The van der Waals surface area contributed by atoms with Gasteiger partial charge in [0.1, 0.15) is 0 Å². The number of fused-ring (bicyclic) bond motifs is 6. The number of aryl methyl sites for hydroxylation is 1. The molecule has 13 rings (SSSR count). The van der Waals surface area contributed by atoms with Crippen molar-refractivity contribution in [2.24, 2.45) is 10.8 Å². The maximum atomic E-state index is 2.72. The minimum atomic E-state index is -0.245. The first-order chi connectivity index (χ1) is 36.8. The van der Waals surface area contributed by atoms with E-state index >= 15 is 0 Å². The van der Waals surface area contributed by atoms with Gasteiger partial charge >= 0.3 is 0 Å². The van der Waals surface area contributed by atoms with E-state index in [1.165, 1.54) is 117 Å². The van der Waals surface area contributed by atoms with Gasteiger partial charge in [0.15, 0.2) is 0 Å². The number of rotatable bonds is 7. The van der Waals surface area contributed by atoms with Gasteiger partial charge in [-0.1, -0.05) is 191 Å². The molecule has 77 heavy (non-hydrogen) atoms. The quantitative estimate of drug-likeness (QED) is 0.147. The molecule has 0 bridgehead atoms. The molecule has 0 saturated heterocycles. The summed E-state index contributed by atoms with van der Waals surface area (Å²) in [6, 6.07) is 72.1. The summed E-state index contributed by atoms with van der Waals surface area (Å²) in [6.45, 7) is 26.4. The minimum absolute atomic E-state index is 0.0518. The van der Waals surface area contributed by atoms with Crippen LogP contribution < -0.4 is 31.1 Å². The van der Waals surface area contributed by atoms with Crippen LogP contribution in [0.2, 0.25) is 0 Å². The Morgan fingerprint density at radius 1 is 0.416 bits per heavy atom. The van der Waals surface area contributed by atoms with Gasteiger partial charge in [-0.2, -0.15) is 0 Å². The maximum Gasteiger partial charge on any atom is 0.252 e. The Labute approximate surface area is 459 Å². The minimum Gasteiger partial charge on any atom is -0.311 e. The molecule has 0 radical (unpaired) electrons. The molecule has 0 fully saturated rings. The summed E-state index contributed by atoms with van der Waals surface area (Å²) < 4.78 is 0. The van der Waals surface area contributed by atoms with E-state index in [2.05, 4.69) is 279 Å². The molecule has 0 aromatic heterocycles. The average Bonchev–Trinajstić information content (AvgIpc) is 4.03. The lowest BCUT2D eigenvalue weighted by Gasteiger charge is -2.46. The predicted molar refractivity (Wildman–Crippen MR) is 331 cm³/mol. The Balaban J connectivity index is 1.12. The lowest BCUT2D eigenvalue weighted by molar-refractivity contribution is 0.392. The van der Waals surface area contributed by atoms with Crippen LogP contribution in [0.5, 0.6) is 0 Å². The van der Waals surface area contributed by atoms with Gasteiger partial charge in [0.25, 0.3) is 6.71 Å². The molecule has 9 aromatic rings. The number of anilines is 9. The molecular formula is C73H72BN3. The van der Waals surface area contributed by atoms with Crippen LogP contribution in [0.4, 0.5) is 51.2 Å². The highest BCUT2D eigenvalue weighted by Crippen LogP contribution is 2.53. The van der Waals surface area contributed by atoms with Crippen LogP contribution in [0.3, 0.4) is 0 Å². The monoisotopic (exact) mass is 1000 g/mol. The molecule has 0 spiro atoms. The third kappa shape index (κ3) is 8.42. The highest BCUT2D eigenvalue weighted by molar-refractivity contribution is 7.00. The molecule has 0 N–H and O–H groups in total. The second-order valence-electron chi connectivity index (χ2n) is 26.5. The normalized spacial score (nSPS) is 15.6. The highest BCUT2D eigenvalue weighted by atomic mass is 15.2. The fraction of sp³-hybridized carbons (Fsp3) is 0.260. The Morgan fingerprint density at radius 3 is 1.35 bits per heavy atom. The van der Waals surface area contributed by atoms with Crippen molar-refractivity contribution in [1.82, 2.24) is 0 Å². The number of nitrogens with zero attached hydrogens (tertiary/aromatic N) is 3. The zero-order valence-electron chi connectivity index (χ0n) is 47.1. The van der Waals surface area contributed by atoms with E-state index in [1.54, 1.807) is 0 Å². The first kappa shape index (κ1) is 49.0. The second kappa shape index (κ2) is 17.7. The SMILES string of the molecule is Cc1cc2c3c(c1)N(c1cccc4c1CC(C)(C)C4)c1cc(C(C)(C)C)c(N(c4ccc(-c5ccccc5)cc4)c4ccc(-c5ccccc5)cc4)cc1B3c1ccc(C(C)(C)C)cc1N2c1cccc2c1CC(C)(C)C2. The van der Waals surface area contributed by atoms with Crippen LogP contribution >= 0.6 is 0 Å². The van der Waals surface area contributed by atoms with E-state index in [9.17, 15) is 0 Å². The molecular weight excluding hydrogens is 930 g/mol. The summed E-state index contributed by atoms with van der Waals surface area (Å²) in [6.07, 6.45) is 4.25. The molecule has 2 heterocycles. The summed E-state index contributed by atoms with van der Waals surface area (Å²) in [5.41, 5.74) is 30.0. The Bertz CT molecular complexity index is 3680. The Morgan fingerprint density at radius 2 is 0.883 bits per heavy atom. The number of hydrogen-bond donors (Lipinski definition) is 0. The van der Waals surface area contributed by atoms with E-state index in [0.717, 1.165) is 37.1 Å². The average molecular weight is 1000 g/mol. The Kier molecular flexibility index (Phi) is 11.3. The van der Waals surface area contributed by atoms with E-state index < -0.39 is 0 Å². The molecule has 2 aliphatic carbocycles. The zero-order valence-corrected chi connectivity index (χ0v) is 47.1. The van der Waals surface area contributed by atoms with Crippen LogP contribution in [0.1, 0.15) is 108 Å². The molecule has 3 nitrogen and oxygen atoms in total. The fourth-order valence-electron chi connectivity index (χ4n) is 13.7. The molecule has 0 unspecified atom stereocenters. The fourth-order valence-corrected chi connectivity index (χ4v) is 13.7.